The highest BCUT2D eigenvalue weighted by Crippen LogP contribution is 2.36. The smallest absolute Gasteiger partial charge is 0.255 e. The first-order valence-corrected chi connectivity index (χ1v) is 9.10. The summed E-state index contributed by atoms with van der Waals surface area (Å²) in [5.74, 6) is 0.586. The van der Waals surface area contributed by atoms with Crippen molar-refractivity contribution >= 4 is 21.8 Å². The quantitative estimate of drug-likeness (QED) is 0.524. The van der Waals surface area contributed by atoms with E-state index in [0.29, 0.717) is 18.1 Å². The fraction of sp³-hybridized carbons (Fsp3) is 0.588. The van der Waals surface area contributed by atoms with Crippen molar-refractivity contribution in [3.8, 4) is 11.5 Å². The average Bonchev–Trinajstić information content (AvgIpc) is 2.54. The first-order chi connectivity index (χ1) is 11.5. The van der Waals surface area contributed by atoms with Crippen LogP contribution in [0, 0.1) is 0 Å². The van der Waals surface area contributed by atoms with Crippen molar-refractivity contribution < 1.29 is 14.3 Å². The van der Waals surface area contributed by atoms with Gasteiger partial charge < -0.3 is 25.4 Å². The fourth-order valence-corrected chi connectivity index (χ4v) is 2.88. The number of rotatable bonds is 12. The minimum atomic E-state index is -0.522. The largest absolute Gasteiger partial charge is 0.490 e. The second-order valence-corrected chi connectivity index (χ2v) is 6.15. The summed E-state index contributed by atoms with van der Waals surface area (Å²) in [6.45, 7) is 11.4. The van der Waals surface area contributed by atoms with Crippen LogP contribution in [0.2, 0.25) is 0 Å². The Bertz CT molecular complexity index is 522. The van der Waals surface area contributed by atoms with Crippen LogP contribution in [-0.2, 0) is 11.3 Å². The molecule has 0 aliphatic carbocycles. The van der Waals surface area contributed by atoms with E-state index in [1.54, 1.807) is 0 Å². The van der Waals surface area contributed by atoms with Crippen LogP contribution in [0.3, 0.4) is 0 Å². The number of nitrogens with zero attached hydrogens (tertiary/aromatic N) is 1. The molecule has 6 nitrogen and oxygen atoms in total. The van der Waals surface area contributed by atoms with Gasteiger partial charge in [-0.05, 0) is 53.6 Å². The number of amides is 1. The summed E-state index contributed by atoms with van der Waals surface area (Å²) in [5, 5.41) is 3.43. The molecule has 0 aliphatic heterocycles. The van der Waals surface area contributed by atoms with Gasteiger partial charge in [0.25, 0.3) is 5.91 Å². The van der Waals surface area contributed by atoms with Crippen molar-refractivity contribution in [2.24, 2.45) is 5.73 Å². The molecule has 0 unspecified atom stereocenters. The lowest BCUT2D eigenvalue weighted by atomic mass is 10.2. The van der Waals surface area contributed by atoms with E-state index in [9.17, 15) is 4.79 Å². The zero-order valence-electron chi connectivity index (χ0n) is 14.7. The maximum Gasteiger partial charge on any atom is 0.255 e. The van der Waals surface area contributed by atoms with Crippen molar-refractivity contribution in [1.29, 1.82) is 0 Å². The van der Waals surface area contributed by atoms with E-state index in [2.05, 4.69) is 40.0 Å². The number of hydrogen-bond donors (Lipinski definition) is 2. The van der Waals surface area contributed by atoms with Crippen molar-refractivity contribution in [2.45, 2.75) is 27.3 Å². The monoisotopic (exact) mass is 401 g/mol. The first-order valence-electron chi connectivity index (χ1n) is 8.31. The molecule has 0 saturated carbocycles. The number of carbonyl (C=O) groups excluding carboxylic acids is 1. The predicted octanol–water partition coefficient (Wildman–Crippen LogP) is 2.14. The summed E-state index contributed by atoms with van der Waals surface area (Å²) in [6, 6.07) is 3.89. The van der Waals surface area contributed by atoms with Gasteiger partial charge in [-0.2, -0.15) is 0 Å². The topological polar surface area (TPSA) is 76.8 Å². The van der Waals surface area contributed by atoms with Gasteiger partial charge in [0, 0.05) is 19.6 Å². The maximum absolute atomic E-state index is 10.9. The maximum atomic E-state index is 10.9. The number of nitrogens with two attached hydrogens (primary N) is 1. The van der Waals surface area contributed by atoms with Crippen LogP contribution < -0.4 is 20.5 Å². The standard InChI is InChI=1S/C17H28BrN3O3/c1-4-21(5-2)8-7-20-11-13-9-14(18)17(24-12-16(19)22)15(10-13)23-6-3/h9-10,20H,4-8,11-12H2,1-3H3,(H2,19,22). The molecule has 136 valence electrons. The molecule has 3 N–H and O–H groups in total. The summed E-state index contributed by atoms with van der Waals surface area (Å²) in [6.07, 6.45) is 0. The van der Waals surface area contributed by atoms with Gasteiger partial charge in [0.1, 0.15) is 0 Å². The van der Waals surface area contributed by atoms with Gasteiger partial charge in [-0.3, -0.25) is 4.79 Å². The number of primary amides is 1. The second kappa shape index (κ2) is 11.3. The lowest BCUT2D eigenvalue weighted by Crippen LogP contribution is -2.31. The first kappa shape index (κ1) is 20.7. The Morgan fingerprint density at radius 3 is 2.54 bits per heavy atom. The van der Waals surface area contributed by atoms with Crippen LogP contribution in [0.15, 0.2) is 16.6 Å². The highest BCUT2D eigenvalue weighted by molar-refractivity contribution is 9.10. The van der Waals surface area contributed by atoms with E-state index >= 15 is 0 Å². The Morgan fingerprint density at radius 2 is 1.96 bits per heavy atom. The molecule has 1 rings (SSSR count). The highest BCUT2D eigenvalue weighted by Gasteiger charge is 2.13. The predicted molar refractivity (Wildman–Crippen MR) is 99.5 cm³/mol. The van der Waals surface area contributed by atoms with Gasteiger partial charge >= 0.3 is 0 Å². The molecule has 0 fully saturated rings. The molecular formula is C17H28BrN3O3. The number of carbonyl (C=O) groups is 1. The van der Waals surface area contributed by atoms with Gasteiger partial charge in [0.15, 0.2) is 18.1 Å². The van der Waals surface area contributed by atoms with Crippen molar-refractivity contribution in [3.05, 3.63) is 22.2 Å². The third-order valence-electron chi connectivity index (χ3n) is 3.56. The molecule has 0 atom stereocenters. The van der Waals surface area contributed by atoms with Crippen LogP contribution >= 0.6 is 15.9 Å². The third kappa shape index (κ3) is 7.07. The molecule has 0 aliphatic rings. The molecule has 0 spiro atoms. The van der Waals surface area contributed by atoms with E-state index < -0.39 is 5.91 Å². The van der Waals surface area contributed by atoms with Crippen LogP contribution in [-0.4, -0.2) is 50.2 Å². The number of likely N-dealkylation sites (N-methyl/N-ethyl adjacent to an activating group) is 1. The van der Waals surface area contributed by atoms with Gasteiger partial charge in [0.05, 0.1) is 11.1 Å². The fourth-order valence-electron chi connectivity index (χ4n) is 2.28. The van der Waals surface area contributed by atoms with E-state index in [0.717, 1.165) is 42.8 Å². The average molecular weight is 402 g/mol. The molecule has 0 bridgehead atoms. The van der Waals surface area contributed by atoms with Crippen LogP contribution in [0.1, 0.15) is 26.3 Å². The Morgan fingerprint density at radius 1 is 1.25 bits per heavy atom. The minimum absolute atomic E-state index is 0.180. The van der Waals surface area contributed by atoms with E-state index in [1.807, 2.05) is 19.1 Å². The van der Waals surface area contributed by atoms with E-state index in [4.69, 9.17) is 15.2 Å². The Labute approximate surface area is 152 Å². The number of ether oxygens (including phenoxy) is 2. The Balaban J connectivity index is 2.69. The summed E-state index contributed by atoms with van der Waals surface area (Å²) in [5.41, 5.74) is 6.22. The molecule has 24 heavy (non-hydrogen) atoms. The van der Waals surface area contributed by atoms with Crippen LogP contribution in [0.25, 0.3) is 0 Å². The summed E-state index contributed by atoms with van der Waals surface area (Å²) in [7, 11) is 0. The van der Waals surface area contributed by atoms with Gasteiger partial charge in [0.2, 0.25) is 0 Å². The number of benzene rings is 1. The summed E-state index contributed by atoms with van der Waals surface area (Å²) in [4.78, 5) is 13.3. The highest BCUT2D eigenvalue weighted by atomic mass is 79.9. The molecule has 7 heteroatoms. The van der Waals surface area contributed by atoms with Crippen molar-refractivity contribution in [2.75, 3.05) is 39.4 Å². The molecule has 0 radical (unpaired) electrons. The molecule has 1 aromatic rings. The van der Waals surface area contributed by atoms with Crippen molar-refractivity contribution in [3.63, 3.8) is 0 Å². The second-order valence-electron chi connectivity index (χ2n) is 5.30. The molecular weight excluding hydrogens is 374 g/mol. The number of halogens is 1. The number of hydrogen-bond acceptors (Lipinski definition) is 5. The van der Waals surface area contributed by atoms with Gasteiger partial charge in [-0.25, -0.2) is 0 Å². The molecule has 0 heterocycles. The normalized spacial score (nSPS) is 10.9. The SMILES string of the molecule is CCOc1cc(CNCCN(CC)CC)cc(Br)c1OCC(N)=O. The lowest BCUT2D eigenvalue weighted by molar-refractivity contribution is -0.119. The Hall–Kier alpha value is -1.31. The molecule has 1 amide bonds. The minimum Gasteiger partial charge on any atom is -0.490 e. The zero-order chi connectivity index (χ0) is 17.9. The molecule has 0 saturated heterocycles. The summed E-state index contributed by atoms with van der Waals surface area (Å²) >= 11 is 3.48. The van der Waals surface area contributed by atoms with E-state index in [-0.39, 0.29) is 6.61 Å². The molecule has 0 aromatic heterocycles. The van der Waals surface area contributed by atoms with Gasteiger partial charge in [-0.15, -0.1) is 0 Å². The van der Waals surface area contributed by atoms with Gasteiger partial charge in [-0.1, -0.05) is 13.8 Å². The number of nitrogens with one attached hydrogen (secondary N) is 1. The van der Waals surface area contributed by atoms with Crippen molar-refractivity contribution in [1.82, 2.24) is 10.2 Å². The molecule has 1 aromatic carbocycles. The lowest BCUT2D eigenvalue weighted by Gasteiger charge is -2.18. The van der Waals surface area contributed by atoms with Crippen LogP contribution in [0.5, 0.6) is 11.5 Å². The van der Waals surface area contributed by atoms with Crippen LogP contribution in [0.4, 0.5) is 0 Å². The third-order valence-corrected chi connectivity index (χ3v) is 4.15. The van der Waals surface area contributed by atoms with E-state index in [1.165, 1.54) is 0 Å². The Kier molecular flexibility index (Phi) is 9.75. The summed E-state index contributed by atoms with van der Waals surface area (Å²) < 4.78 is 11.8. The zero-order valence-corrected chi connectivity index (χ0v) is 16.3.